The van der Waals surface area contributed by atoms with Gasteiger partial charge >= 0.3 is 5.97 Å². The quantitative estimate of drug-likeness (QED) is 0.786. The van der Waals surface area contributed by atoms with Crippen molar-refractivity contribution in [3.8, 4) is 6.07 Å². The Labute approximate surface area is 152 Å². The molecule has 1 amide bonds. The van der Waals surface area contributed by atoms with Gasteiger partial charge in [-0.2, -0.15) is 5.26 Å². The van der Waals surface area contributed by atoms with E-state index in [4.69, 9.17) is 21.6 Å². The highest BCUT2D eigenvalue weighted by atomic mass is 35.5. The monoisotopic (exact) mass is 363 g/mol. The number of carbonyl (C=O) groups is 2. The first kappa shape index (κ1) is 19.2. The van der Waals surface area contributed by atoms with Crippen LogP contribution in [0.5, 0.6) is 0 Å². The summed E-state index contributed by atoms with van der Waals surface area (Å²) in [7, 11) is 0. The number of nitriles is 1. The van der Waals surface area contributed by atoms with Crippen LogP contribution in [-0.2, 0) is 14.3 Å². The molecule has 0 aromatic heterocycles. The molecule has 0 saturated carbocycles. The van der Waals surface area contributed by atoms with E-state index < -0.39 is 0 Å². The molecule has 0 aliphatic carbocycles. The molecule has 1 aromatic rings. The minimum atomic E-state index is -0.149. The van der Waals surface area contributed by atoms with Crippen molar-refractivity contribution in [1.29, 1.82) is 5.26 Å². The van der Waals surface area contributed by atoms with Crippen LogP contribution in [0.3, 0.4) is 0 Å². The van der Waals surface area contributed by atoms with Crippen molar-refractivity contribution in [2.45, 2.75) is 26.2 Å². The zero-order valence-corrected chi connectivity index (χ0v) is 15.0. The van der Waals surface area contributed by atoms with Gasteiger partial charge in [-0.15, -0.1) is 0 Å². The van der Waals surface area contributed by atoms with Crippen molar-refractivity contribution in [2.75, 3.05) is 31.6 Å². The van der Waals surface area contributed by atoms with E-state index in [0.717, 1.165) is 19.4 Å². The number of amides is 1. The van der Waals surface area contributed by atoms with E-state index in [1.165, 1.54) is 0 Å². The summed E-state index contributed by atoms with van der Waals surface area (Å²) in [4.78, 5) is 26.1. The standard InChI is InChI=1S/C18H22ClN3O3/c1-2-25-18(24)14-4-3-8-22(12-14)9-7-17(23)21-15-6-5-13(11-20)16(19)10-15/h5-6,10,14H,2-4,7-9,12H2,1H3,(H,21,23). The summed E-state index contributed by atoms with van der Waals surface area (Å²) >= 11 is 5.96. The Morgan fingerprint density at radius 3 is 2.96 bits per heavy atom. The van der Waals surface area contributed by atoms with Crippen molar-refractivity contribution in [2.24, 2.45) is 5.92 Å². The SMILES string of the molecule is CCOC(=O)C1CCCN(CCC(=O)Nc2ccc(C#N)c(Cl)c2)C1. The lowest BCUT2D eigenvalue weighted by atomic mass is 9.98. The summed E-state index contributed by atoms with van der Waals surface area (Å²) in [5.41, 5.74) is 0.940. The average molecular weight is 364 g/mol. The second-order valence-electron chi connectivity index (χ2n) is 6.00. The first-order chi connectivity index (χ1) is 12.0. The zero-order valence-electron chi connectivity index (χ0n) is 14.3. The number of ether oxygens (including phenoxy) is 1. The molecule has 6 nitrogen and oxygen atoms in total. The lowest BCUT2D eigenvalue weighted by Crippen LogP contribution is -2.40. The van der Waals surface area contributed by atoms with Crippen molar-refractivity contribution >= 4 is 29.2 Å². The fourth-order valence-electron chi connectivity index (χ4n) is 2.88. The minimum Gasteiger partial charge on any atom is -0.466 e. The Morgan fingerprint density at radius 2 is 2.28 bits per heavy atom. The lowest BCUT2D eigenvalue weighted by Gasteiger charge is -2.31. The number of likely N-dealkylation sites (tertiary alicyclic amines) is 1. The maximum absolute atomic E-state index is 12.1. The van der Waals surface area contributed by atoms with Crippen molar-refractivity contribution < 1.29 is 14.3 Å². The highest BCUT2D eigenvalue weighted by molar-refractivity contribution is 6.32. The molecular formula is C18H22ClN3O3. The van der Waals surface area contributed by atoms with Crippen LogP contribution in [-0.4, -0.2) is 43.0 Å². The highest BCUT2D eigenvalue weighted by Gasteiger charge is 2.26. The van der Waals surface area contributed by atoms with E-state index in [9.17, 15) is 9.59 Å². The van der Waals surface area contributed by atoms with Gasteiger partial charge in [-0.3, -0.25) is 9.59 Å². The molecule has 1 N–H and O–H groups in total. The summed E-state index contributed by atoms with van der Waals surface area (Å²) in [6.45, 7) is 4.30. The maximum atomic E-state index is 12.1. The maximum Gasteiger partial charge on any atom is 0.310 e. The molecule has 1 aliphatic heterocycles. The van der Waals surface area contributed by atoms with Crippen LogP contribution in [0.2, 0.25) is 5.02 Å². The van der Waals surface area contributed by atoms with E-state index in [-0.39, 0.29) is 17.8 Å². The molecule has 2 rings (SSSR count). The fourth-order valence-corrected chi connectivity index (χ4v) is 3.10. The highest BCUT2D eigenvalue weighted by Crippen LogP contribution is 2.21. The summed E-state index contributed by atoms with van der Waals surface area (Å²) in [6, 6.07) is 6.77. The number of esters is 1. The summed E-state index contributed by atoms with van der Waals surface area (Å²) in [5.74, 6) is -0.378. The van der Waals surface area contributed by atoms with E-state index in [0.29, 0.717) is 42.4 Å². The number of hydrogen-bond donors (Lipinski definition) is 1. The third-order valence-corrected chi connectivity index (χ3v) is 4.47. The van der Waals surface area contributed by atoms with Gasteiger partial charge in [0.1, 0.15) is 6.07 Å². The molecular weight excluding hydrogens is 342 g/mol. The van der Waals surface area contributed by atoms with Gasteiger partial charge in [-0.1, -0.05) is 11.6 Å². The Bertz CT molecular complexity index is 672. The average Bonchev–Trinajstić information content (AvgIpc) is 2.60. The van der Waals surface area contributed by atoms with Gasteiger partial charge in [0.25, 0.3) is 0 Å². The number of hydrogen-bond acceptors (Lipinski definition) is 5. The van der Waals surface area contributed by atoms with Crippen LogP contribution >= 0.6 is 11.6 Å². The molecule has 1 fully saturated rings. The van der Waals surface area contributed by atoms with Gasteiger partial charge in [0.2, 0.25) is 5.91 Å². The molecule has 0 spiro atoms. The third kappa shape index (κ3) is 5.73. The van der Waals surface area contributed by atoms with Gasteiger partial charge in [-0.05, 0) is 44.5 Å². The number of nitrogens with one attached hydrogen (secondary N) is 1. The molecule has 1 unspecified atom stereocenters. The Hall–Kier alpha value is -2.10. The number of carbonyl (C=O) groups excluding carboxylic acids is 2. The summed E-state index contributed by atoms with van der Waals surface area (Å²) < 4.78 is 5.08. The zero-order chi connectivity index (χ0) is 18.2. The van der Waals surface area contributed by atoms with Crippen LogP contribution in [0.1, 0.15) is 31.7 Å². The molecule has 1 aliphatic rings. The van der Waals surface area contributed by atoms with Crippen LogP contribution in [0.15, 0.2) is 18.2 Å². The Morgan fingerprint density at radius 1 is 1.48 bits per heavy atom. The van der Waals surface area contributed by atoms with Gasteiger partial charge in [0, 0.05) is 25.2 Å². The fraction of sp³-hybridized carbons (Fsp3) is 0.500. The van der Waals surface area contributed by atoms with Crippen molar-refractivity contribution in [3.63, 3.8) is 0 Å². The van der Waals surface area contributed by atoms with Gasteiger partial charge in [-0.25, -0.2) is 0 Å². The number of anilines is 1. The molecule has 0 bridgehead atoms. The van der Waals surface area contributed by atoms with E-state index in [1.807, 2.05) is 6.07 Å². The van der Waals surface area contributed by atoms with Gasteiger partial charge in [0.05, 0.1) is 23.1 Å². The number of halogens is 1. The minimum absolute atomic E-state index is 0.103. The van der Waals surface area contributed by atoms with Gasteiger partial charge < -0.3 is 15.0 Å². The smallest absolute Gasteiger partial charge is 0.310 e. The number of piperidine rings is 1. The molecule has 1 heterocycles. The largest absolute Gasteiger partial charge is 0.466 e. The summed E-state index contributed by atoms with van der Waals surface area (Å²) in [6.07, 6.45) is 2.09. The van der Waals surface area contributed by atoms with E-state index in [1.54, 1.807) is 25.1 Å². The lowest BCUT2D eigenvalue weighted by molar-refractivity contribution is -0.149. The van der Waals surface area contributed by atoms with Crippen molar-refractivity contribution in [3.05, 3.63) is 28.8 Å². The first-order valence-electron chi connectivity index (χ1n) is 8.42. The Balaban J connectivity index is 1.80. The number of rotatable bonds is 6. The number of benzene rings is 1. The van der Waals surface area contributed by atoms with Crippen LogP contribution in [0.25, 0.3) is 0 Å². The molecule has 1 atom stereocenters. The van der Waals surface area contributed by atoms with E-state index in [2.05, 4.69) is 10.2 Å². The van der Waals surface area contributed by atoms with Crippen LogP contribution in [0.4, 0.5) is 5.69 Å². The van der Waals surface area contributed by atoms with Crippen LogP contribution in [0, 0.1) is 17.2 Å². The topological polar surface area (TPSA) is 82.4 Å². The second-order valence-corrected chi connectivity index (χ2v) is 6.40. The first-order valence-corrected chi connectivity index (χ1v) is 8.79. The van der Waals surface area contributed by atoms with E-state index >= 15 is 0 Å². The predicted octanol–water partition coefficient (Wildman–Crippen LogP) is 2.82. The van der Waals surface area contributed by atoms with Crippen LogP contribution < -0.4 is 5.32 Å². The normalized spacial score (nSPS) is 17.6. The molecule has 134 valence electrons. The number of nitrogens with zero attached hydrogens (tertiary/aromatic N) is 2. The third-order valence-electron chi connectivity index (χ3n) is 4.15. The predicted molar refractivity (Wildman–Crippen MR) is 95.2 cm³/mol. The van der Waals surface area contributed by atoms with Gasteiger partial charge in [0.15, 0.2) is 0 Å². The molecule has 1 aromatic carbocycles. The molecule has 25 heavy (non-hydrogen) atoms. The molecule has 7 heteroatoms. The summed E-state index contributed by atoms with van der Waals surface area (Å²) in [5, 5.41) is 11.9. The molecule has 0 radical (unpaired) electrons. The van der Waals surface area contributed by atoms with Crippen molar-refractivity contribution in [1.82, 2.24) is 4.90 Å². The molecule has 1 saturated heterocycles. The Kier molecular flexibility index (Phi) is 7.23. The second kappa shape index (κ2) is 9.40.